The minimum Gasteiger partial charge on any atom is -0.476 e. The van der Waals surface area contributed by atoms with Crippen molar-refractivity contribution in [3.05, 3.63) is 11.4 Å². The van der Waals surface area contributed by atoms with E-state index < -0.39 is 21.7 Å². The van der Waals surface area contributed by atoms with Crippen LogP contribution in [-0.2, 0) is 10.0 Å². The van der Waals surface area contributed by atoms with Crippen LogP contribution in [-0.4, -0.2) is 71.1 Å². The molecule has 9 heteroatoms. The molecule has 2 rings (SSSR count). The topological polar surface area (TPSA) is 107 Å². The molecule has 0 aromatic carbocycles. The second-order valence-electron chi connectivity index (χ2n) is 5.17. The number of carbonyl (C=O) groups is 1. The number of hydrogen-bond acceptors (Lipinski definition) is 5. The molecule has 1 aliphatic rings. The fourth-order valence-corrected chi connectivity index (χ4v) is 4.46. The lowest BCUT2D eigenvalue weighted by Gasteiger charge is -2.38. The summed E-state index contributed by atoms with van der Waals surface area (Å²) in [5, 5.41) is 15.1. The van der Waals surface area contributed by atoms with Gasteiger partial charge in [0.25, 0.3) is 0 Å². The minimum atomic E-state index is -3.86. The first-order valence-corrected chi connectivity index (χ1v) is 8.25. The molecule has 0 aliphatic carbocycles. The Labute approximate surface area is 123 Å². The number of H-pyrrole nitrogens is 1. The van der Waals surface area contributed by atoms with Crippen LogP contribution in [0.5, 0.6) is 0 Å². The second kappa shape index (κ2) is 5.74. The molecule has 0 bridgehead atoms. The van der Waals surface area contributed by atoms with Crippen molar-refractivity contribution in [1.29, 1.82) is 0 Å². The van der Waals surface area contributed by atoms with E-state index in [0.717, 1.165) is 6.54 Å². The molecule has 1 saturated heterocycles. The van der Waals surface area contributed by atoms with Gasteiger partial charge in [-0.15, -0.1) is 0 Å². The number of likely N-dealkylation sites (N-methyl/N-ethyl adjacent to an activating group) is 1. The molecule has 0 amide bonds. The molecule has 0 radical (unpaired) electrons. The Morgan fingerprint density at radius 2 is 2.14 bits per heavy atom. The summed E-state index contributed by atoms with van der Waals surface area (Å²) in [7, 11) is -3.86. The summed E-state index contributed by atoms with van der Waals surface area (Å²) >= 11 is 0. The highest BCUT2D eigenvalue weighted by molar-refractivity contribution is 7.89. The lowest BCUT2D eigenvalue weighted by Crippen LogP contribution is -2.53. The molecule has 118 valence electrons. The van der Waals surface area contributed by atoms with E-state index in [0.29, 0.717) is 19.6 Å². The summed E-state index contributed by atoms with van der Waals surface area (Å²) in [6.07, 6.45) is 0. The van der Waals surface area contributed by atoms with Gasteiger partial charge in [-0.25, -0.2) is 13.2 Å². The zero-order valence-corrected chi connectivity index (χ0v) is 13.1. The molecular formula is C12H20N4O4S. The van der Waals surface area contributed by atoms with Gasteiger partial charge in [-0.3, -0.25) is 10.00 Å². The number of carboxylic acid groups (broad SMARTS) is 1. The second-order valence-corrected chi connectivity index (χ2v) is 7.05. The van der Waals surface area contributed by atoms with E-state index in [1.54, 1.807) is 0 Å². The highest BCUT2D eigenvalue weighted by Gasteiger charge is 2.36. The molecule has 8 nitrogen and oxygen atoms in total. The monoisotopic (exact) mass is 316 g/mol. The lowest BCUT2D eigenvalue weighted by molar-refractivity contribution is 0.0685. The van der Waals surface area contributed by atoms with E-state index in [-0.39, 0.29) is 16.6 Å². The normalized spacial score (nSPS) is 21.6. The number of carboxylic acids is 1. The Kier molecular flexibility index (Phi) is 4.35. The fourth-order valence-electron chi connectivity index (χ4n) is 2.66. The maximum absolute atomic E-state index is 12.7. The standard InChI is InChI=1S/C12H20N4O4S/c1-4-15-5-6-16(7-8(15)2)21(19,20)11-9(3)13-14-10(11)12(17)18/h8H,4-7H2,1-3H3,(H,13,14)(H,17,18). The van der Waals surface area contributed by atoms with Crippen molar-refractivity contribution in [2.24, 2.45) is 0 Å². The van der Waals surface area contributed by atoms with Crippen LogP contribution in [0.1, 0.15) is 30.0 Å². The number of nitrogens with one attached hydrogen (secondary N) is 1. The molecule has 2 N–H and O–H groups in total. The first-order chi connectivity index (χ1) is 9.78. The van der Waals surface area contributed by atoms with Gasteiger partial charge in [-0.1, -0.05) is 6.92 Å². The SMILES string of the molecule is CCN1CCN(S(=O)(=O)c2c(C(=O)O)n[nH]c2C)CC1C. The number of aromatic nitrogens is 2. The molecule has 1 unspecified atom stereocenters. The van der Waals surface area contributed by atoms with Crippen LogP contribution >= 0.6 is 0 Å². The lowest BCUT2D eigenvalue weighted by atomic mass is 10.2. The number of sulfonamides is 1. The molecular weight excluding hydrogens is 296 g/mol. The van der Waals surface area contributed by atoms with E-state index in [9.17, 15) is 13.2 Å². The van der Waals surface area contributed by atoms with E-state index in [1.165, 1.54) is 11.2 Å². The van der Waals surface area contributed by atoms with Crippen LogP contribution in [0.4, 0.5) is 0 Å². The zero-order chi connectivity index (χ0) is 15.8. The molecule has 1 aromatic rings. The first kappa shape index (κ1) is 15.9. The van der Waals surface area contributed by atoms with Crippen LogP contribution in [0.3, 0.4) is 0 Å². The maximum atomic E-state index is 12.7. The number of hydrogen-bond donors (Lipinski definition) is 2. The number of aromatic carboxylic acids is 1. The first-order valence-electron chi connectivity index (χ1n) is 6.81. The predicted molar refractivity (Wildman–Crippen MR) is 75.8 cm³/mol. The van der Waals surface area contributed by atoms with Crippen molar-refractivity contribution in [3.8, 4) is 0 Å². The summed E-state index contributed by atoms with van der Waals surface area (Å²) in [6, 6.07) is 0.0963. The summed E-state index contributed by atoms with van der Waals surface area (Å²) in [5.41, 5.74) is -0.198. The summed E-state index contributed by atoms with van der Waals surface area (Å²) in [5.74, 6) is -1.35. The van der Waals surface area contributed by atoms with E-state index >= 15 is 0 Å². The molecule has 1 fully saturated rings. The zero-order valence-electron chi connectivity index (χ0n) is 12.3. The van der Waals surface area contributed by atoms with Crippen LogP contribution in [0, 0.1) is 6.92 Å². The van der Waals surface area contributed by atoms with Gasteiger partial charge in [0.1, 0.15) is 4.90 Å². The van der Waals surface area contributed by atoms with Crippen LogP contribution in [0.25, 0.3) is 0 Å². The highest BCUT2D eigenvalue weighted by Crippen LogP contribution is 2.24. The average molecular weight is 316 g/mol. The molecule has 1 atom stereocenters. The summed E-state index contributed by atoms with van der Waals surface area (Å²) in [4.78, 5) is 13.1. The van der Waals surface area contributed by atoms with Gasteiger partial charge >= 0.3 is 5.97 Å². The molecule has 1 aromatic heterocycles. The maximum Gasteiger partial charge on any atom is 0.357 e. The van der Waals surface area contributed by atoms with Gasteiger partial charge < -0.3 is 5.11 Å². The van der Waals surface area contributed by atoms with Crippen LogP contribution < -0.4 is 0 Å². The van der Waals surface area contributed by atoms with Gasteiger partial charge in [0.15, 0.2) is 5.69 Å². The van der Waals surface area contributed by atoms with Gasteiger partial charge in [0, 0.05) is 25.7 Å². The number of nitrogens with zero attached hydrogens (tertiary/aromatic N) is 3. The van der Waals surface area contributed by atoms with Crippen molar-refractivity contribution < 1.29 is 18.3 Å². The molecule has 1 aliphatic heterocycles. The smallest absolute Gasteiger partial charge is 0.357 e. The minimum absolute atomic E-state index is 0.0963. The molecule has 0 spiro atoms. The van der Waals surface area contributed by atoms with Crippen molar-refractivity contribution in [2.75, 3.05) is 26.2 Å². The quantitative estimate of drug-likeness (QED) is 0.818. The number of piperazine rings is 1. The highest BCUT2D eigenvalue weighted by atomic mass is 32.2. The average Bonchev–Trinajstić information content (AvgIpc) is 2.81. The van der Waals surface area contributed by atoms with E-state index in [2.05, 4.69) is 15.1 Å². The Morgan fingerprint density at radius 3 is 2.67 bits per heavy atom. The Morgan fingerprint density at radius 1 is 1.48 bits per heavy atom. The predicted octanol–water partition coefficient (Wildman–Crippen LogP) is 0.131. The van der Waals surface area contributed by atoms with Gasteiger partial charge in [0.05, 0.1) is 5.69 Å². The van der Waals surface area contributed by atoms with Crippen LogP contribution in [0.15, 0.2) is 4.90 Å². The largest absolute Gasteiger partial charge is 0.476 e. The summed E-state index contributed by atoms with van der Waals surface area (Å²) < 4.78 is 26.8. The van der Waals surface area contributed by atoms with Gasteiger partial charge in [0.2, 0.25) is 10.0 Å². The molecule has 0 saturated carbocycles. The van der Waals surface area contributed by atoms with Crippen molar-refractivity contribution in [3.63, 3.8) is 0 Å². The fraction of sp³-hybridized carbons (Fsp3) is 0.667. The third kappa shape index (κ3) is 2.81. The van der Waals surface area contributed by atoms with Crippen molar-refractivity contribution >= 4 is 16.0 Å². The Balaban J connectivity index is 2.36. The number of rotatable bonds is 4. The molecule has 2 heterocycles. The van der Waals surface area contributed by atoms with E-state index in [4.69, 9.17) is 5.11 Å². The van der Waals surface area contributed by atoms with E-state index in [1.807, 2.05) is 13.8 Å². The van der Waals surface area contributed by atoms with Crippen molar-refractivity contribution in [2.45, 2.75) is 31.7 Å². The third-order valence-corrected chi connectivity index (χ3v) is 5.85. The Bertz CT molecular complexity index is 640. The third-order valence-electron chi connectivity index (χ3n) is 3.83. The number of aromatic amines is 1. The van der Waals surface area contributed by atoms with Gasteiger partial charge in [-0.2, -0.15) is 9.40 Å². The van der Waals surface area contributed by atoms with Crippen LogP contribution in [0.2, 0.25) is 0 Å². The van der Waals surface area contributed by atoms with Crippen molar-refractivity contribution in [1.82, 2.24) is 19.4 Å². The summed E-state index contributed by atoms with van der Waals surface area (Å²) in [6.45, 7) is 7.70. The number of aryl methyl sites for hydroxylation is 1. The van der Waals surface area contributed by atoms with Gasteiger partial charge in [-0.05, 0) is 20.4 Å². The molecule has 21 heavy (non-hydrogen) atoms. The Hall–Kier alpha value is -1.45.